The van der Waals surface area contributed by atoms with Gasteiger partial charge >= 0.3 is 0 Å². The summed E-state index contributed by atoms with van der Waals surface area (Å²) in [4.78, 5) is 29.4. The second kappa shape index (κ2) is 7.72. The summed E-state index contributed by atoms with van der Waals surface area (Å²) in [5.41, 5.74) is 2.71. The fourth-order valence-electron chi connectivity index (χ4n) is 3.83. The summed E-state index contributed by atoms with van der Waals surface area (Å²) >= 11 is 3.49. The highest BCUT2D eigenvalue weighted by Crippen LogP contribution is 2.33. The Morgan fingerprint density at radius 3 is 2.41 bits per heavy atom. The number of nitrogens with one attached hydrogen (secondary N) is 1. The average molecular weight is 428 g/mol. The first kappa shape index (κ1) is 18.0. The minimum absolute atomic E-state index is 0.0186. The Labute approximate surface area is 167 Å². The molecule has 0 aromatic heterocycles. The molecule has 1 N–H and O–H groups in total. The Kier molecular flexibility index (Phi) is 5.16. The zero-order valence-corrected chi connectivity index (χ0v) is 16.6. The summed E-state index contributed by atoms with van der Waals surface area (Å²) in [6.07, 6.45) is 2.60. The van der Waals surface area contributed by atoms with E-state index in [4.69, 9.17) is 0 Å². The van der Waals surface area contributed by atoms with Crippen molar-refractivity contribution in [3.63, 3.8) is 0 Å². The molecular weight excluding hydrogens is 406 g/mol. The fourth-order valence-corrected chi connectivity index (χ4v) is 4.33. The minimum atomic E-state index is -0.351. The zero-order valence-electron chi connectivity index (χ0n) is 15.0. The van der Waals surface area contributed by atoms with Crippen molar-refractivity contribution in [2.45, 2.75) is 19.3 Å². The van der Waals surface area contributed by atoms with Crippen LogP contribution in [0.25, 0.3) is 0 Å². The van der Waals surface area contributed by atoms with E-state index in [1.54, 1.807) is 4.90 Å². The largest absolute Gasteiger partial charge is 0.370 e. The highest BCUT2D eigenvalue weighted by Gasteiger charge is 2.36. The first-order valence-electron chi connectivity index (χ1n) is 9.33. The predicted molar refractivity (Wildman–Crippen MR) is 111 cm³/mol. The summed E-state index contributed by atoms with van der Waals surface area (Å²) in [7, 11) is 0. The second-order valence-corrected chi connectivity index (χ2v) is 7.91. The van der Waals surface area contributed by atoms with E-state index in [0.29, 0.717) is 6.54 Å². The molecule has 0 radical (unpaired) electrons. The number of hydrogen-bond donors (Lipinski definition) is 1. The summed E-state index contributed by atoms with van der Waals surface area (Å²) in [6.45, 7) is 2.44. The minimum Gasteiger partial charge on any atom is -0.370 e. The van der Waals surface area contributed by atoms with Gasteiger partial charge in [0.05, 0.1) is 23.0 Å². The molecule has 2 fully saturated rings. The van der Waals surface area contributed by atoms with E-state index < -0.39 is 0 Å². The third-order valence-electron chi connectivity index (χ3n) is 5.25. The third-order valence-corrected chi connectivity index (χ3v) is 5.92. The molecule has 0 aliphatic carbocycles. The van der Waals surface area contributed by atoms with Gasteiger partial charge in [0.15, 0.2) is 0 Å². The van der Waals surface area contributed by atoms with Crippen LogP contribution >= 0.6 is 15.9 Å². The topological polar surface area (TPSA) is 52.7 Å². The number of nitrogens with zero attached hydrogens (tertiary/aromatic N) is 2. The molecule has 4 rings (SSSR count). The highest BCUT2D eigenvalue weighted by atomic mass is 79.9. The maximum absolute atomic E-state index is 12.9. The van der Waals surface area contributed by atoms with Gasteiger partial charge in [-0.1, -0.05) is 24.3 Å². The van der Waals surface area contributed by atoms with Crippen molar-refractivity contribution in [1.82, 2.24) is 0 Å². The van der Waals surface area contributed by atoms with Gasteiger partial charge < -0.3 is 15.1 Å². The molecule has 2 heterocycles. The van der Waals surface area contributed by atoms with Crippen molar-refractivity contribution in [3.05, 3.63) is 53.0 Å². The molecule has 2 aliphatic heterocycles. The van der Waals surface area contributed by atoms with E-state index in [1.807, 2.05) is 48.5 Å². The molecule has 0 spiro atoms. The number of rotatable bonds is 4. The van der Waals surface area contributed by atoms with Gasteiger partial charge in [0.2, 0.25) is 11.8 Å². The Balaban J connectivity index is 1.49. The van der Waals surface area contributed by atoms with Crippen molar-refractivity contribution < 1.29 is 9.59 Å². The van der Waals surface area contributed by atoms with Crippen molar-refractivity contribution in [2.24, 2.45) is 5.92 Å². The lowest BCUT2D eigenvalue weighted by molar-refractivity contribution is -0.122. The van der Waals surface area contributed by atoms with E-state index >= 15 is 0 Å². The summed E-state index contributed by atoms with van der Waals surface area (Å²) in [5, 5.41) is 3.07. The molecule has 6 heteroatoms. The van der Waals surface area contributed by atoms with Gasteiger partial charge in [0.1, 0.15) is 0 Å². The number of hydrogen-bond acceptors (Lipinski definition) is 3. The monoisotopic (exact) mass is 427 g/mol. The van der Waals surface area contributed by atoms with Gasteiger partial charge in [-0.25, -0.2) is 0 Å². The average Bonchev–Trinajstić information content (AvgIpc) is 3.33. The van der Waals surface area contributed by atoms with E-state index in [-0.39, 0.29) is 24.2 Å². The lowest BCUT2D eigenvalue weighted by Gasteiger charge is -2.22. The summed E-state index contributed by atoms with van der Waals surface area (Å²) < 4.78 is 0.860. The normalized spacial score (nSPS) is 19.6. The van der Waals surface area contributed by atoms with Gasteiger partial charge in [0, 0.05) is 30.5 Å². The van der Waals surface area contributed by atoms with Crippen LogP contribution in [-0.4, -0.2) is 31.4 Å². The van der Waals surface area contributed by atoms with Crippen LogP contribution < -0.4 is 15.1 Å². The van der Waals surface area contributed by atoms with Gasteiger partial charge in [-0.15, -0.1) is 0 Å². The number of carbonyl (C=O) groups excluding carboxylic acids is 2. The van der Waals surface area contributed by atoms with Crippen LogP contribution in [0.1, 0.15) is 19.3 Å². The van der Waals surface area contributed by atoms with Crippen LogP contribution in [0.5, 0.6) is 0 Å². The molecular formula is C21H22BrN3O2. The van der Waals surface area contributed by atoms with E-state index in [0.717, 1.165) is 34.6 Å². The lowest BCUT2D eigenvalue weighted by atomic mass is 10.1. The highest BCUT2D eigenvalue weighted by molar-refractivity contribution is 9.10. The molecule has 2 saturated heterocycles. The fraction of sp³-hybridized carbons (Fsp3) is 0.333. The third kappa shape index (κ3) is 3.72. The molecule has 2 aromatic carbocycles. The van der Waals surface area contributed by atoms with Crippen molar-refractivity contribution in [2.75, 3.05) is 34.8 Å². The maximum Gasteiger partial charge on any atom is 0.229 e. The quantitative estimate of drug-likeness (QED) is 0.800. The smallest absolute Gasteiger partial charge is 0.229 e. The number of carbonyl (C=O) groups is 2. The molecule has 27 heavy (non-hydrogen) atoms. The first-order valence-corrected chi connectivity index (χ1v) is 10.1. The summed E-state index contributed by atoms with van der Waals surface area (Å²) in [6, 6.07) is 15.5. The standard InChI is InChI=1S/C21H22BrN3O2/c22-16-7-1-3-9-18(16)25-14-15(13-20(25)26)21(27)23-17-8-2-4-10-19(17)24-11-5-6-12-24/h1-4,7-10,15H,5-6,11-14H2,(H,23,27). The Hall–Kier alpha value is -2.34. The summed E-state index contributed by atoms with van der Waals surface area (Å²) in [5.74, 6) is -0.462. The molecule has 2 aliphatic rings. The van der Waals surface area contributed by atoms with Crippen LogP contribution in [0.15, 0.2) is 53.0 Å². The number of amides is 2. The van der Waals surface area contributed by atoms with Crippen LogP contribution in [0, 0.1) is 5.92 Å². The van der Waals surface area contributed by atoms with Crippen molar-refractivity contribution in [3.8, 4) is 0 Å². The number of anilines is 3. The molecule has 0 saturated carbocycles. The van der Waals surface area contributed by atoms with Gasteiger partial charge in [-0.2, -0.15) is 0 Å². The molecule has 140 valence electrons. The molecule has 1 atom stereocenters. The Bertz CT molecular complexity index is 864. The predicted octanol–water partition coefficient (Wildman–Crippen LogP) is 4.04. The van der Waals surface area contributed by atoms with Gasteiger partial charge in [-0.3, -0.25) is 9.59 Å². The van der Waals surface area contributed by atoms with Crippen LogP contribution in [0.2, 0.25) is 0 Å². The molecule has 0 bridgehead atoms. The molecule has 2 aromatic rings. The van der Waals surface area contributed by atoms with E-state index in [1.165, 1.54) is 12.8 Å². The van der Waals surface area contributed by atoms with E-state index in [9.17, 15) is 9.59 Å². The Morgan fingerprint density at radius 1 is 1.00 bits per heavy atom. The van der Waals surface area contributed by atoms with Crippen molar-refractivity contribution in [1.29, 1.82) is 0 Å². The maximum atomic E-state index is 12.9. The van der Waals surface area contributed by atoms with Crippen LogP contribution in [0.4, 0.5) is 17.1 Å². The first-order chi connectivity index (χ1) is 13.1. The number of para-hydroxylation sites is 3. The van der Waals surface area contributed by atoms with Crippen LogP contribution in [-0.2, 0) is 9.59 Å². The number of halogens is 1. The van der Waals surface area contributed by atoms with Gasteiger partial charge in [0.25, 0.3) is 0 Å². The zero-order chi connectivity index (χ0) is 18.8. The second-order valence-electron chi connectivity index (χ2n) is 7.06. The van der Waals surface area contributed by atoms with Crippen LogP contribution in [0.3, 0.4) is 0 Å². The lowest BCUT2D eigenvalue weighted by Crippen LogP contribution is -2.29. The van der Waals surface area contributed by atoms with E-state index in [2.05, 4.69) is 26.1 Å². The Morgan fingerprint density at radius 2 is 1.67 bits per heavy atom. The number of benzene rings is 2. The van der Waals surface area contributed by atoms with Crippen molar-refractivity contribution >= 4 is 44.8 Å². The molecule has 1 unspecified atom stereocenters. The molecule has 5 nitrogen and oxygen atoms in total. The molecule has 2 amide bonds. The van der Waals surface area contributed by atoms with Gasteiger partial charge in [-0.05, 0) is 53.0 Å². The SMILES string of the molecule is O=C(Nc1ccccc1N1CCCC1)C1CC(=O)N(c2ccccc2Br)C1.